The summed E-state index contributed by atoms with van der Waals surface area (Å²) >= 11 is 1.52. The van der Waals surface area contributed by atoms with Crippen LogP contribution in [0.3, 0.4) is 0 Å². The average molecular weight is 666 g/mol. The van der Waals surface area contributed by atoms with Gasteiger partial charge in [0, 0.05) is 29.2 Å². The van der Waals surface area contributed by atoms with E-state index in [1.54, 1.807) is 7.11 Å². The molecule has 4 rings (SSSR count). The van der Waals surface area contributed by atoms with Gasteiger partial charge in [0.2, 0.25) is 10.0 Å². The van der Waals surface area contributed by atoms with Crippen LogP contribution >= 0.6 is 22.2 Å². The molecule has 2 aromatic carbocycles. The number of thioether (sulfide) groups is 1. The van der Waals surface area contributed by atoms with E-state index in [0.717, 1.165) is 59.9 Å². The van der Waals surface area contributed by atoms with Crippen LogP contribution in [0, 0.1) is 5.92 Å². The minimum Gasteiger partial charge on any atom is -0.468 e. The molecule has 0 aromatic heterocycles. The third kappa shape index (κ3) is 8.72. The van der Waals surface area contributed by atoms with Gasteiger partial charge in [-0.2, -0.15) is 0 Å². The monoisotopic (exact) mass is 665 g/mol. The Morgan fingerprint density at radius 2 is 1.80 bits per heavy atom. The fraction of sp³-hybridized carbons (Fsp3) is 0.484. The Morgan fingerprint density at radius 3 is 2.43 bits per heavy atom. The van der Waals surface area contributed by atoms with Crippen molar-refractivity contribution < 1.29 is 41.7 Å². The van der Waals surface area contributed by atoms with Crippen molar-refractivity contribution in [1.29, 1.82) is 0 Å². The van der Waals surface area contributed by atoms with Crippen molar-refractivity contribution in [3.05, 3.63) is 48.0 Å². The van der Waals surface area contributed by atoms with Crippen LogP contribution in [-0.2, 0) is 39.6 Å². The molecule has 0 bridgehead atoms. The summed E-state index contributed by atoms with van der Waals surface area (Å²) < 4.78 is 47.8. The standard InChI is InChI=1S/C31H39NO9S3/c1-20(40-31(35)41-23-9-6-5-7-10-23)28-29(33)27(17-32-44(4,36)37)43(30(28)34)18-25-24(11-8-12-26(25)42-3)21-13-15-22(16-14-21)39-19-38-2/h8,11-16,20,23,28,32H,5-7,9-10,17-19H2,1-4H3/t20-,28+,43?/m1/s1. The van der Waals surface area contributed by atoms with E-state index in [0.29, 0.717) is 5.75 Å². The van der Waals surface area contributed by atoms with Gasteiger partial charge in [0.05, 0.1) is 6.26 Å². The number of benzene rings is 2. The van der Waals surface area contributed by atoms with Crippen LogP contribution in [0.2, 0.25) is 0 Å². The smallest absolute Gasteiger partial charge is 0.468 e. The van der Waals surface area contributed by atoms with Crippen molar-refractivity contribution in [1.82, 2.24) is 4.72 Å². The van der Waals surface area contributed by atoms with Gasteiger partial charge in [-0.1, -0.05) is 30.7 Å². The molecule has 0 spiro atoms. The second-order valence-electron chi connectivity index (χ2n) is 10.7. The lowest BCUT2D eigenvalue weighted by atomic mass is 9.97. The summed E-state index contributed by atoms with van der Waals surface area (Å²) in [6.07, 6.45) is 5.24. The van der Waals surface area contributed by atoms with E-state index in [9.17, 15) is 22.8 Å². The predicted octanol–water partition coefficient (Wildman–Crippen LogP) is 5.15. The van der Waals surface area contributed by atoms with E-state index < -0.39 is 44.5 Å². The van der Waals surface area contributed by atoms with Gasteiger partial charge in [0.1, 0.15) is 23.9 Å². The summed E-state index contributed by atoms with van der Waals surface area (Å²) in [6.45, 7) is 1.32. The number of methoxy groups -OCH3 is 1. The number of carbonyl (C=O) groups is 3. The highest BCUT2D eigenvalue weighted by atomic mass is 32.2. The number of sulfonamides is 1. The van der Waals surface area contributed by atoms with Crippen LogP contribution in [0.15, 0.2) is 47.4 Å². The molecule has 0 amide bonds. The first-order valence-corrected chi connectivity index (χ1v) is 18.9. The van der Waals surface area contributed by atoms with Crippen LogP contribution in [0.1, 0.15) is 44.6 Å². The Morgan fingerprint density at radius 1 is 1.09 bits per heavy atom. The third-order valence-corrected chi connectivity index (χ3v) is 11.3. The summed E-state index contributed by atoms with van der Waals surface area (Å²) in [4.78, 5) is 41.4. The molecular formula is C31H39NO9S3. The zero-order valence-electron chi connectivity index (χ0n) is 25.3. The molecule has 2 aliphatic rings. The molecule has 44 heavy (non-hydrogen) atoms. The zero-order valence-corrected chi connectivity index (χ0v) is 27.8. The second-order valence-corrected chi connectivity index (χ2v) is 15.4. The van der Waals surface area contributed by atoms with E-state index >= 15 is 0 Å². The summed E-state index contributed by atoms with van der Waals surface area (Å²) in [5.41, 5.74) is 2.62. The first-order chi connectivity index (χ1) is 21.0. The molecule has 1 unspecified atom stereocenters. The van der Waals surface area contributed by atoms with Gasteiger partial charge in [-0.25, -0.2) is 17.9 Å². The zero-order chi connectivity index (χ0) is 31.9. The van der Waals surface area contributed by atoms with Crippen molar-refractivity contribution >= 4 is 54.2 Å². The van der Waals surface area contributed by atoms with Gasteiger partial charge in [-0.15, -0.1) is 22.2 Å². The molecule has 3 atom stereocenters. The fourth-order valence-corrected chi connectivity index (χ4v) is 8.97. The molecule has 1 heterocycles. The average Bonchev–Trinajstić information content (AvgIpc) is 3.23. The van der Waals surface area contributed by atoms with Gasteiger partial charge < -0.3 is 18.9 Å². The van der Waals surface area contributed by atoms with Gasteiger partial charge in [0.15, 0.2) is 17.7 Å². The first kappa shape index (κ1) is 34.2. The molecule has 240 valence electrons. The summed E-state index contributed by atoms with van der Waals surface area (Å²) in [5, 5.41) is -0.386. The third-order valence-electron chi connectivity index (χ3n) is 7.56. The lowest BCUT2D eigenvalue weighted by Crippen LogP contribution is -2.38. The number of Topliss-reactive ketones (excluding diaryl/α,β-unsaturated/α-hetero) is 1. The SMILES string of the molecule is COCOc1ccc(-c2cccc(SC)c2CS2=C(CNS(C)(=O)=O)C(=O)[C@H]([C@@H](C)OC(=O)OC3CCCCC3)C2=O)cc1. The fourth-order valence-electron chi connectivity index (χ4n) is 5.36. The number of ether oxygens (including phenoxy) is 4. The van der Waals surface area contributed by atoms with Crippen LogP contribution in [-0.4, -0.2) is 75.5 Å². The Hall–Kier alpha value is -2.71. The molecule has 10 nitrogen and oxygen atoms in total. The minimum atomic E-state index is -3.66. The van der Waals surface area contributed by atoms with Crippen molar-refractivity contribution in [2.75, 3.05) is 33.0 Å². The molecular weight excluding hydrogens is 627 g/mol. The summed E-state index contributed by atoms with van der Waals surface area (Å²) in [5.74, 6) is -0.945. The highest BCUT2D eigenvalue weighted by molar-refractivity contribution is 8.29. The van der Waals surface area contributed by atoms with Gasteiger partial charge >= 0.3 is 6.16 Å². The van der Waals surface area contributed by atoms with E-state index in [1.165, 1.54) is 18.7 Å². The first-order valence-electron chi connectivity index (χ1n) is 14.4. The topological polar surface area (TPSA) is 134 Å². The van der Waals surface area contributed by atoms with E-state index in [1.807, 2.05) is 48.7 Å². The molecule has 1 N–H and O–H groups in total. The van der Waals surface area contributed by atoms with Crippen LogP contribution in [0.25, 0.3) is 11.1 Å². The molecule has 1 aliphatic heterocycles. The maximum Gasteiger partial charge on any atom is 0.508 e. The maximum atomic E-state index is 14.0. The van der Waals surface area contributed by atoms with Crippen molar-refractivity contribution in [3.8, 4) is 16.9 Å². The Bertz CT molecular complexity index is 1500. The number of ketones is 1. The van der Waals surface area contributed by atoms with E-state index in [2.05, 4.69) is 4.72 Å². The Labute approximate surface area is 265 Å². The van der Waals surface area contributed by atoms with Crippen LogP contribution in [0.5, 0.6) is 5.75 Å². The molecule has 1 fully saturated rings. The highest BCUT2D eigenvalue weighted by Gasteiger charge is 2.45. The Kier molecular flexibility index (Phi) is 12.1. The number of nitrogens with one attached hydrogen (secondary N) is 1. The molecule has 2 aromatic rings. The van der Waals surface area contributed by atoms with E-state index in [4.69, 9.17) is 18.9 Å². The van der Waals surface area contributed by atoms with Crippen LogP contribution in [0.4, 0.5) is 4.79 Å². The predicted molar refractivity (Wildman–Crippen MR) is 173 cm³/mol. The van der Waals surface area contributed by atoms with Crippen molar-refractivity contribution in [2.24, 2.45) is 5.92 Å². The van der Waals surface area contributed by atoms with Crippen molar-refractivity contribution in [2.45, 2.75) is 61.9 Å². The van der Waals surface area contributed by atoms with Crippen molar-refractivity contribution in [3.63, 3.8) is 0 Å². The number of hydrogen-bond acceptors (Lipinski definition) is 10. The highest BCUT2D eigenvalue weighted by Crippen LogP contribution is 2.42. The van der Waals surface area contributed by atoms with Gasteiger partial charge in [-0.05, 0) is 73.8 Å². The number of hydrogen-bond donors (Lipinski definition) is 1. The van der Waals surface area contributed by atoms with Crippen LogP contribution < -0.4 is 9.46 Å². The van der Waals surface area contributed by atoms with E-state index in [-0.39, 0.29) is 35.2 Å². The largest absolute Gasteiger partial charge is 0.508 e. The van der Waals surface area contributed by atoms with Gasteiger partial charge in [-0.3, -0.25) is 9.59 Å². The maximum absolute atomic E-state index is 14.0. The number of carbonyl (C=O) groups excluding carboxylic acids is 3. The lowest BCUT2D eigenvalue weighted by Gasteiger charge is -2.23. The second kappa shape index (κ2) is 15.5. The summed E-state index contributed by atoms with van der Waals surface area (Å²) in [7, 11) is -3.40. The molecule has 1 aliphatic carbocycles. The van der Waals surface area contributed by atoms with Gasteiger partial charge in [0.25, 0.3) is 0 Å². The minimum absolute atomic E-state index is 0.118. The normalized spacial score (nSPS) is 20.0. The molecule has 0 saturated heterocycles. The number of rotatable bonds is 13. The summed E-state index contributed by atoms with van der Waals surface area (Å²) in [6, 6.07) is 13.3. The quantitative estimate of drug-likeness (QED) is 0.101. The molecule has 13 heteroatoms. The Balaban J connectivity index is 1.64. The molecule has 0 radical (unpaired) electrons. The lowest BCUT2D eigenvalue weighted by molar-refractivity contribution is -0.128. The molecule has 1 saturated carbocycles.